The first-order chi connectivity index (χ1) is 23.7. The molecule has 0 atom stereocenters. The van der Waals surface area contributed by atoms with E-state index in [0.29, 0.717) is 5.71 Å². The number of benzene rings is 6. The first-order valence-electron chi connectivity index (χ1n) is 17.1. The summed E-state index contributed by atoms with van der Waals surface area (Å²) in [5.74, 6) is 0. The molecule has 0 saturated carbocycles. The maximum absolute atomic E-state index is 9.10. The summed E-state index contributed by atoms with van der Waals surface area (Å²) in [6, 6.07) is 47.3. The number of allylic oxidation sites excluding steroid dienone is 1. The predicted molar refractivity (Wildman–Crippen MR) is 206 cm³/mol. The van der Waals surface area contributed by atoms with Crippen molar-refractivity contribution in [2.75, 3.05) is 0 Å². The van der Waals surface area contributed by atoms with Crippen LogP contribution in [0.4, 0.5) is 0 Å². The molecule has 1 N–H and O–H groups in total. The lowest BCUT2D eigenvalue weighted by molar-refractivity contribution is 0.660. The van der Waals surface area contributed by atoms with Crippen LogP contribution in [0, 0.1) is 5.41 Å². The third-order valence-electron chi connectivity index (χ3n) is 10.9. The van der Waals surface area contributed by atoms with E-state index >= 15 is 0 Å². The molecular formula is C46H37N3. The fraction of sp³-hybridized carbons (Fsp3) is 0.130. The molecule has 9 rings (SSSR count). The van der Waals surface area contributed by atoms with Gasteiger partial charge in [-0.15, -0.1) is 0 Å². The third kappa shape index (κ3) is 4.28. The molecule has 7 aromatic rings. The normalized spacial score (nSPS) is 15.4. The molecule has 0 amide bonds. The summed E-state index contributed by atoms with van der Waals surface area (Å²) in [6.45, 7) is 9.30. The van der Waals surface area contributed by atoms with Gasteiger partial charge in [0.2, 0.25) is 0 Å². The second-order valence-electron chi connectivity index (χ2n) is 14.4. The van der Waals surface area contributed by atoms with Gasteiger partial charge in [-0.2, -0.15) is 0 Å². The Morgan fingerprint density at radius 2 is 1.18 bits per heavy atom. The van der Waals surface area contributed by atoms with E-state index in [2.05, 4.69) is 135 Å². The lowest BCUT2D eigenvalue weighted by atomic mass is 9.80. The van der Waals surface area contributed by atoms with E-state index in [-0.39, 0.29) is 10.8 Å². The molecular weight excluding hydrogens is 595 g/mol. The van der Waals surface area contributed by atoms with Crippen LogP contribution < -0.4 is 0 Å². The lowest BCUT2D eigenvalue weighted by Gasteiger charge is -2.22. The van der Waals surface area contributed by atoms with Gasteiger partial charge in [0.25, 0.3) is 0 Å². The quantitative estimate of drug-likeness (QED) is 0.145. The van der Waals surface area contributed by atoms with Crippen molar-refractivity contribution in [1.29, 1.82) is 5.41 Å². The third-order valence-corrected chi connectivity index (χ3v) is 10.9. The van der Waals surface area contributed by atoms with Crippen LogP contribution in [0.25, 0.3) is 49.8 Å². The van der Waals surface area contributed by atoms with Gasteiger partial charge in [-0.1, -0.05) is 143 Å². The second kappa shape index (κ2) is 10.6. The van der Waals surface area contributed by atoms with E-state index in [1.54, 1.807) is 0 Å². The van der Waals surface area contributed by atoms with Gasteiger partial charge < -0.3 is 5.41 Å². The first kappa shape index (κ1) is 29.3. The molecule has 6 aromatic carbocycles. The summed E-state index contributed by atoms with van der Waals surface area (Å²) in [6.07, 6.45) is 3.87. The molecule has 49 heavy (non-hydrogen) atoms. The van der Waals surface area contributed by atoms with Crippen LogP contribution >= 0.6 is 0 Å². The Morgan fingerprint density at radius 3 is 1.96 bits per heavy atom. The topological polar surface area (TPSA) is 41.1 Å². The zero-order chi connectivity index (χ0) is 33.5. The van der Waals surface area contributed by atoms with Crippen molar-refractivity contribution in [3.05, 3.63) is 173 Å². The minimum Gasteiger partial charge on any atom is -0.300 e. The monoisotopic (exact) mass is 631 g/mol. The molecule has 3 nitrogen and oxygen atoms in total. The molecule has 0 radical (unpaired) electrons. The maximum Gasteiger partial charge on any atom is 0.100 e. The highest BCUT2D eigenvalue weighted by Crippen LogP contribution is 2.53. The van der Waals surface area contributed by atoms with Crippen molar-refractivity contribution in [2.24, 2.45) is 4.99 Å². The molecule has 0 spiro atoms. The van der Waals surface area contributed by atoms with Crippen LogP contribution in [-0.4, -0.2) is 16.6 Å². The molecule has 0 unspecified atom stereocenters. The maximum atomic E-state index is 9.10. The number of hydrogen-bond donors (Lipinski definition) is 1. The minimum atomic E-state index is -0.138. The molecule has 0 fully saturated rings. The molecule has 1 heterocycles. The largest absolute Gasteiger partial charge is 0.300 e. The predicted octanol–water partition coefficient (Wildman–Crippen LogP) is 11.4. The number of hydrogen-bond acceptors (Lipinski definition) is 2. The van der Waals surface area contributed by atoms with E-state index in [1.165, 1.54) is 55.3 Å². The van der Waals surface area contributed by atoms with Gasteiger partial charge in [0, 0.05) is 27.2 Å². The zero-order valence-electron chi connectivity index (χ0n) is 28.3. The van der Waals surface area contributed by atoms with Gasteiger partial charge >= 0.3 is 0 Å². The summed E-state index contributed by atoms with van der Waals surface area (Å²) in [5.41, 5.74) is 15.6. The van der Waals surface area contributed by atoms with Gasteiger partial charge in [-0.25, -0.2) is 4.99 Å². The highest BCUT2D eigenvalue weighted by molar-refractivity contribution is 6.16. The first-order valence-corrected chi connectivity index (χ1v) is 17.1. The van der Waals surface area contributed by atoms with E-state index in [1.807, 2.05) is 42.7 Å². The Bertz CT molecular complexity index is 2560. The van der Waals surface area contributed by atoms with Crippen LogP contribution in [0.3, 0.4) is 0 Å². The number of rotatable bonds is 5. The Kier molecular flexibility index (Phi) is 6.35. The number of aromatic nitrogens is 1. The number of aliphatic imine (C=N–C) groups is 1. The molecule has 0 aliphatic heterocycles. The van der Waals surface area contributed by atoms with Gasteiger partial charge in [0.1, 0.15) is 6.34 Å². The van der Waals surface area contributed by atoms with Crippen LogP contribution in [0.15, 0.2) is 145 Å². The molecule has 2 aliphatic carbocycles. The van der Waals surface area contributed by atoms with E-state index < -0.39 is 0 Å². The number of fused-ring (bicyclic) bond motifs is 10. The molecule has 0 bridgehead atoms. The van der Waals surface area contributed by atoms with Crippen molar-refractivity contribution in [1.82, 2.24) is 4.57 Å². The molecule has 1 aromatic heterocycles. The smallest absolute Gasteiger partial charge is 0.100 e. The van der Waals surface area contributed by atoms with Crippen molar-refractivity contribution < 1.29 is 0 Å². The summed E-state index contributed by atoms with van der Waals surface area (Å²) in [7, 11) is 0. The van der Waals surface area contributed by atoms with Gasteiger partial charge in [-0.05, 0) is 74.3 Å². The van der Waals surface area contributed by atoms with Gasteiger partial charge in [0.15, 0.2) is 0 Å². The van der Waals surface area contributed by atoms with Gasteiger partial charge in [-0.3, -0.25) is 4.57 Å². The second-order valence-corrected chi connectivity index (χ2v) is 14.4. The van der Waals surface area contributed by atoms with Crippen LogP contribution in [0.5, 0.6) is 0 Å². The molecule has 0 saturated heterocycles. The summed E-state index contributed by atoms with van der Waals surface area (Å²) in [4.78, 5) is 5.25. The van der Waals surface area contributed by atoms with Crippen molar-refractivity contribution in [3.63, 3.8) is 0 Å². The standard InChI is InChI=1S/C46H37N3/c1-45(2)36-19-11-8-16-31(36)33-23-22-30(26-38(33)45)40(27-39(47)29-14-6-5-7-15-29)48-28-49-41-21-13-10-18-35(41)43-42(49)25-24-34-32-17-9-12-20-37(32)46(3,4)44(34)43/h5-28,47H,1-4H3/b40-27-,47-39?,48-28?. The number of nitrogens with zero attached hydrogens (tertiary/aromatic N) is 2. The molecule has 236 valence electrons. The SMILES string of the molecule is CC1(C)c2ccccc2-c2ccc(/C(=C/C(=N)c3ccccc3)N=Cn3c4ccccc4c4c5c(ccc43)-c3ccccc3C5(C)C)cc21. The van der Waals surface area contributed by atoms with Crippen LogP contribution in [0.2, 0.25) is 0 Å². The lowest BCUT2D eigenvalue weighted by Crippen LogP contribution is -2.15. The summed E-state index contributed by atoms with van der Waals surface area (Å²) >= 11 is 0. The summed E-state index contributed by atoms with van der Waals surface area (Å²) in [5, 5.41) is 11.6. The van der Waals surface area contributed by atoms with Crippen molar-refractivity contribution >= 4 is 39.6 Å². The Morgan fingerprint density at radius 1 is 0.571 bits per heavy atom. The highest BCUT2D eigenvalue weighted by Gasteiger charge is 2.38. The zero-order valence-corrected chi connectivity index (χ0v) is 28.3. The van der Waals surface area contributed by atoms with Crippen molar-refractivity contribution in [3.8, 4) is 22.3 Å². The Labute approximate surface area is 287 Å². The van der Waals surface area contributed by atoms with Crippen molar-refractivity contribution in [2.45, 2.75) is 38.5 Å². The highest BCUT2D eigenvalue weighted by atomic mass is 15.0. The van der Waals surface area contributed by atoms with Gasteiger partial charge in [0.05, 0.1) is 22.4 Å². The van der Waals surface area contributed by atoms with E-state index in [0.717, 1.165) is 27.9 Å². The average molecular weight is 632 g/mol. The fourth-order valence-corrected chi connectivity index (χ4v) is 8.50. The number of nitrogens with one attached hydrogen (secondary N) is 1. The van der Waals surface area contributed by atoms with E-state index in [9.17, 15) is 0 Å². The molecule has 2 aliphatic rings. The summed E-state index contributed by atoms with van der Waals surface area (Å²) < 4.78 is 2.23. The Balaban J connectivity index is 1.23. The Hall–Kier alpha value is -5.80. The van der Waals surface area contributed by atoms with E-state index in [4.69, 9.17) is 10.4 Å². The molecule has 3 heteroatoms. The van der Waals surface area contributed by atoms with Crippen LogP contribution in [-0.2, 0) is 10.8 Å². The fourth-order valence-electron chi connectivity index (χ4n) is 8.50. The number of para-hydroxylation sites is 1. The van der Waals surface area contributed by atoms with Crippen LogP contribution in [0.1, 0.15) is 61.1 Å². The minimum absolute atomic E-state index is 0.137. The average Bonchev–Trinajstić information content (AvgIpc) is 3.67.